The lowest BCUT2D eigenvalue weighted by atomic mass is 9.99. The van der Waals surface area contributed by atoms with Gasteiger partial charge in [0.05, 0.1) is 0 Å². The number of benzene rings is 1. The summed E-state index contributed by atoms with van der Waals surface area (Å²) in [6.45, 7) is 5.82. The second-order valence-corrected chi connectivity index (χ2v) is 3.98. The van der Waals surface area contributed by atoms with Crippen LogP contribution in [0.3, 0.4) is 0 Å². The smallest absolute Gasteiger partial charge is 0.344 e. The van der Waals surface area contributed by atoms with E-state index in [1.165, 1.54) is 12.5 Å². The van der Waals surface area contributed by atoms with E-state index in [4.69, 9.17) is 9.84 Å². The standard InChI is InChI=1S/C13H18O3/c1-4-9(2)11-5-7-12(8-6-11)16-10(3)13(14)15/h5-10H,4H2,1-3H3,(H,14,15)/t9-,10+/m1/s1. The molecule has 0 aliphatic carbocycles. The summed E-state index contributed by atoms with van der Waals surface area (Å²) in [5, 5.41) is 8.70. The van der Waals surface area contributed by atoms with Crippen LogP contribution in [0.1, 0.15) is 38.7 Å². The lowest BCUT2D eigenvalue weighted by molar-refractivity contribution is -0.144. The maximum Gasteiger partial charge on any atom is 0.344 e. The van der Waals surface area contributed by atoms with Crippen LogP contribution in [-0.2, 0) is 4.79 Å². The second kappa shape index (κ2) is 5.54. The fraction of sp³-hybridized carbons (Fsp3) is 0.462. The number of aliphatic carboxylic acids is 1. The molecule has 0 radical (unpaired) electrons. The molecule has 0 saturated carbocycles. The van der Waals surface area contributed by atoms with Gasteiger partial charge in [-0.2, -0.15) is 0 Å². The fourth-order valence-corrected chi connectivity index (χ4v) is 1.37. The Labute approximate surface area is 96.1 Å². The largest absolute Gasteiger partial charge is 0.479 e. The molecular weight excluding hydrogens is 204 g/mol. The van der Waals surface area contributed by atoms with Crippen molar-refractivity contribution in [1.82, 2.24) is 0 Å². The molecule has 2 atom stereocenters. The monoisotopic (exact) mass is 222 g/mol. The summed E-state index contributed by atoms with van der Waals surface area (Å²) in [6.07, 6.45) is 0.278. The van der Waals surface area contributed by atoms with Gasteiger partial charge in [-0.1, -0.05) is 26.0 Å². The zero-order chi connectivity index (χ0) is 12.1. The highest BCUT2D eigenvalue weighted by atomic mass is 16.5. The van der Waals surface area contributed by atoms with Gasteiger partial charge in [0.15, 0.2) is 6.10 Å². The summed E-state index contributed by atoms with van der Waals surface area (Å²) in [5.74, 6) is 0.166. The molecule has 0 heterocycles. The van der Waals surface area contributed by atoms with Crippen molar-refractivity contribution < 1.29 is 14.6 Å². The zero-order valence-electron chi connectivity index (χ0n) is 9.93. The summed E-state index contributed by atoms with van der Waals surface area (Å²) >= 11 is 0. The van der Waals surface area contributed by atoms with Crippen LogP contribution >= 0.6 is 0 Å². The molecule has 0 fully saturated rings. The lowest BCUT2D eigenvalue weighted by Gasteiger charge is -2.12. The quantitative estimate of drug-likeness (QED) is 0.832. The summed E-state index contributed by atoms with van der Waals surface area (Å²) in [5.41, 5.74) is 1.25. The van der Waals surface area contributed by atoms with E-state index in [0.717, 1.165) is 6.42 Å². The normalized spacial score (nSPS) is 14.2. The molecule has 1 N–H and O–H groups in total. The minimum Gasteiger partial charge on any atom is -0.479 e. The van der Waals surface area contributed by atoms with Gasteiger partial charge in [0.25, 0.3) is 0 Å². The molecule has 1 aromatic rings. The van der Waals surface area contributed by atoms with E-state index in [0.29, 0.717) is 11.7 Å². The molecule has 0 amide bonds. The SMILES string of the molecule is CC[C@@H](C)c1ccc(O[C@@H](C)C(=O)O)cc1. The minimum atomic E-state index is -0.953. The number of rotatable bonds is 5. The second-order valence-electron chi connectivity index (χ2n) is 3.98. The van der Waals surface area contributed by atoms with Crippen molar-refractivity contribution in [2.75, 3.05) is 0 Å². The average Bonchev–Trinajstić information content (AvgIpc) is 2.28. The predicted octanol–water partition coefficient (Wildman–Crippen LogP) is 3.05. The van der Waals surface area contributed by atoms with Crippen LogP contribution in [0.5, 0.6) is 5.75 Å². The van der Waals surface area contributed by atoms with Gasteiger partial charge in [0, 0.05) is 0 Å². The van der Waals surface area contributed by atoms with Crippen molar-refractivity contribution in [3.8, 4) is 5.75 Å². The summed E-state index contributed by atoms with van der Waals surface area (Å²) < 4.78 is 5.24. The van der Waals surface area contributed by atoms with Crippen molar-refractivity contribution in [3.63, 3.8) is 0 Å². The number of ether oxygens (including phenoxy) is 1. The van der Waals surface area contributed by atoms with Gasteiger partial charge in [-0.05, 0) is 37.0 Å². The highest BCUT2D eigenvalue weighted by Gasteiger charge is 2.12. The third-order valence-electron chi connectivity index (χ3n) is 2.72. The van der Waals surface area contributed by atoms with Crippen molar-refractivity contribution in [2.45, 2.75) is 39.2 Å². The molecule has 16 heavy (non-hydrogen) atoms. The molecule has 1 rings (SSSR count). The maximum absolute atomic E-state index is 10.6. The van der Waals surface area contributed by atoms with Gasteiger partial charge in [-0.25, -0.2) is 4.79 Å². The van der Waals surface area contributed by atoms with Gasteiger partial charge in [0.1, 0.15) is 5.75 Å². The summed E-state index contributed by atoms with van der Waals surface area (Å²) in [4.78, 5) is 10.6. The van der Waals surface area contributed by atoms with Crippen LogP contribution in [0.25, 0.3) is 0 Å². The highest BCUT2D eigenvalue weighted by Crippen LogP contribution is 2.21. The molecule has 0 aliphatic rings. The molecule has 0 aliphatic heterocycles. The first-order chi connectivity index (χ1) is 7.54. The summed E-state index contributed by atoms with van der Waals surface area (Å²) in [6, 6.07) is 7.61. The molecule has 0 unspecified atom stereocenters. The Morgan fingerprint density at radius 2 is 1.88 bits per heavy atom. The van der Waals surface area contributed by atoms with Crippen LogP contribution < -0.4 is 4.74 Å². The number of carboxylic acids is 1. The highest BCUT2D eigenvalue weighted by molar-refractivity contribution is 5.72. The molecule has 0 bridgehead atoms. The molecule has 0 saturated heterocycles. The molecule has 3 heteroatoms. The van der Waals surface area contributed by atoms with Gasteiger partial charge in [-0.15, -0.1) is 0 Å². The van der Waals surface area contributed by atoms with E-state index >= 15 is 0 Å². The average molecular weight is 222 g/mol. The topological polar surface area (TPSA) is 46.5 Å². The Hall–Kier alpha value is -1.51. The van der Waals surface area contributed by atoms with E-state index in [1.807, 2.05) is 24.3 Å². The number of hydrogen-bond donors (Lipinski definition) is 1. The first kappa shape index (κ1) is 12.6. The molecule has 1 aromatic carbocycles. The van der Waals surface area contributed by atoms with Crippen molar-refractivity contribution in [3.05, 3.63) is 29.8 Å². The van der Waals surface area contributed by atoms with Crippen LogP contribution in [0.15, 0.2) is 24.3 Å². The lowest BCUT2D eigenvalue weighted by Crippen LogP contribution is -2.22. The summed E-state index contributed by atoms with van der Waals surface area (Å²) in [7, 11) is 0. The molecule has 88 valence electrons. The number of carboxylic acid groups (broad SMARTS) is 1. The first-order valence-corrected chi connectivity index (χ1v) is 5.54. The van der Waals surface area contributed by atoms with Crippen molar-refractivity contribution in [1.29, 1.82) is 0 Å². The fourth-order valence-electron chi connectivity index (χ4n) is 1.37. The molecule has 0 aromatic heterocycles. The predicted molar refractivity (Wildman–Crippen MR) is 62.9 cm³/mol. The minimum absolute atomic E-state index is 0.519. The Balaban J connectivity index is 2.68. The van der Waals surface area contributed by atoms with E-state index in [2.05, 4.69) is 13.8 Å². The van der Waals surface area contributed by atoms with Gasteiger partial charge < -0.3 is 9.84 Å². The van der Waals surface area contributed by atoms with E-state index in [1.54, 1.807) is 0 Å². The van der Waals surface area contributed by atoms with Crippen molar-refractivity contribution >= 4 is 5.97 Å². The van der Waals surface area contributed by atoms with Gasteiger partial charge in [0.2, 0.25) is 0 Å². The van der Waals surface area contributed by atoms with E-state index in [9.17, 15) is 4.79 Å². The number of carbonyl (C=O) groups is 1. The van der Waals surface area contributed by atoms with Crippen LogP contribution in [0.4, 0.5) is 0 Å². The van der Waals surface area contributed by atoms with E-state index in [-0.39, 0.29) is 0 Å². The molecule has 3 nitrogen and oxygen atoms in total. The van der Waals surface area contributed by atoms with Gasteiger partial charge in [-0.3, -0.25) is 0 Å². The molecular formula is C13H18O3. The Bertz CT molecular complexity index is 343. The van der Waals surface area contributed by atoms with Crippen LogP contribution in [0, 0.1) is 0 Å². The first-order valence-electron chi connectivity index (χ1n) is 5.54. The maximum atomic E-state index is 10.6. The van der Waals surface area contributed by atoms with Crippen molar-refractivity contribution in [2.24, 2.45) is 0 Å². The Morgan fingerprint density at radius 1 is 1.31 bits per heavy atom. The van der Waals surface area contributed by atoms with Crippen LogP contribution in [0.2, 0.25) is 0 Å². The van der Waals surface area contributed by atoms with E-state index < -0.39 is 12.1 Å². The number of hydrogen-bond acceptors (Lipinski definition) is 2. The Kier molecular flexibility index (Phi) is 4.35. The van der Waals surface area contributed by atoms with Gasteiger partial charge >= 0.3 is 5.97 Å². The van der Waals surface area contributed by atoms with Crippen LogP contribution in [-0.4, -0.2) is 17.2 Å². The Morgan fingerprint density at radius 3 is 2.31 bits per heavy atom. The third-order valence-corrected chi connectivity index (χ3v) is 2.72. The molecule has 0 spiro atoms. The third kappa shape index (κ3) is 3.26. The zero-order valence-corrected chi connectivity index (χ0v) is 9.93.